The molecular weight excluding hydrogens is 475 g/mol. The van der Waals surface area contributed by atoms with E-state index in [9.17, 15) is 9.59 Å². The van der Waals surface area contributed by atoms with E-state index in [1.165, 1.54) is 4.90 Å². The fraction of sp³-hybridized carbons (Fsp3) is 0.0769. The molecular formula is C26H18Cl2N2O2S. The molecule has 0 bridgehead atoms. The van der Waals surface area contributed by atoms with Gasteiger partial charge in [-0.25, -0.2) is 4.90 Å². The number of thioether (sulfide) groups is 1. The van der Waals surface area contributed by atoms with Crippen LogP contribution >= 0.6 is 35.0 Å². The van der Waals surface area contributed by atoms with Crippen molar-refractivity contribution in [3.05, 3.63) is 105 Å². The van der Waals surface area contributed by atoms with Crippen molar-refractivity contribution in [3.63, 3.8) is 0 Å². The molecule has 2 heterocycles. The number of imide groups is 1. The summed E-state index contributed by atoms with van der Waals surface area (Å²) >= 11 is 13.4. The van der Waals surface area contributed by atoms with Crippen LogP contribution in [0.4, 0.5) is 10.5 Å². The SMILES string of the molecule is Cc1c(/C=C2/SC(=O)N(c3cccc(Cl)c3)C2=O)c2ccccc2n1Cc1ccccc1Cl. The third kappa shape index (κ3) is 3.97. The van der Waals surface area contributed by atoms with E-state index < -0.39 is 0 Å². The molecule has 0 spiro atoms. The van der Waals surface area contributed by atoms with Gasteiger partial charge in [0.15, 0.2) is 0 Å². The molecule has 0 atom stereocenters. The molecule has 0 N–H and O–H groups in total. The van der Waals surface area contributed by atoms with E-state index in [0.29, 0.717) is 27.2 Å². The van der Waals surface area contributed by atoms with Crippen LogP contribution in [0.5, 0.6) is 0 Å². The van der Waals surface area contributed by atoms with Crippen molar-refractivity contribution in [3.8, 4) is 0 Å². The summed E-state index contributed by atoms with van der Waals surface area (Å²) in [6.45, 7) is 2.62. The second-order valence-corrected chi connectivity index (χ2v) is 9.53. The number of carbonyl (C=O) groups is 2. The Morgan fingerprint density at radius 1 is 0.939 bits per heavy atom. The molecule has 4 nitrogen and oxygen atoms in total. The first kappa shape index (κ1) is 21.8. The first-order chi connectivity index (χ1) is 15.9. The Morgan fingerprint density at radius 3 is 2.48 bits per heavy atom. The Bertz CT molecular complexity index is 1460. The van der Waals surface area contributed by atoms with Crippen molar-refractivity contribution in [1.82, 2.24) is 4.57 Å². The average molecular weight is 493 g/mol. The topological polar surface area (TPSA) is 42.3 Å². The summed E-state index contributed by atoms with van der Waals surface area (Å²) in [5.74, 6) is -0.352. The number of hydrogen-bond donors (Lipinski definition) is 0. The number of rotatable bonds is 4. The van der Waals surface area contributed by atoms with Crippen LogP contribution in [0.25, 0.3) is 17.0 Å². The van der Waals surface area contributed by atoms with Crippen molar-refractivity contribution < 1.29 is 9.59 Å². The van der Waals surface area contributed by atoms with Crippen LogP contribution in [0.3, 0.4) is 0 Å². The molecule has 7 heteroatoms. The lowest BCUT2D eigenvalue weighted by Gasteiger charge is -2.12. The summed E-state index contributed by atoms with van der Waals surface area (Å²) in [5, 5.41) is 1.84. The molecule has 0 aliphatic carbocycles. The number of hydrogen-bond acceptors (Lipinski definition) is 3. The van der Waals surface area contributed by atoms with Gasteiger partial charge in [0.05, 0.1) is 10.6 Å². The molecule has 33 heavy (non-hydrogen) atoms. The van der Waals surface area contributed by atoms with Gasteiger partial charge in [-0.2, -0.15) is 0 Å². The van der Waals surface area contributed by atoms with Gasteiger partial charge in [0.1, 0.15) is 0 Å². The Balaban J connectivity index is 1.58. The van der Waals surface area contributed by atoms with Crippen LogP contribution in [-0.4, -0.2) is 15.7 Å². The molecule has 1 fully saturated rings. The van der Waals surface area contributed by atoms with E-state index in [1.807, 2.05) is 61.5 Å². The predicted octanol–water partition coefficient (Wildman–Crippen LogP) is 7.55. The Hall–Kier alpha value is -2.99. The van der Waals surface area contributed by atoms with Crippen LogP contribution in [0.2, 0.25) is 10.0 Å². The maximum atomic E-state index is 13.2. The number of fused-ring (bicyclic) bond motifs is 1. The van der Waals surface area contributed by atoms with Crippen LogP contribution in [0, 0.1) is 6.92 Å². The minimum absolute atomic E-state index is 0.342. The quantitative estimate of drug-likeness (QED) is 0.276. The summed E-state index contributed by atoms with van der Waals surface area (Å²) in [6, 6.07) is 22.5. The van der Waals surface area contributed by atoms with E-state index in [4.69, 9.17) is 23.2 Å². The maximum absolute atomic E-state index is 13.2. The second kappa shape index (κ2) is 8.75. The molecule has 0 radical (unpaired) electrons. The second-order valence-electron chi connectivity index (χ2n) is 7.69. The number of amides is 2. The fourth-order valence-corrected chi connectivity index (χ4v) is 5.28. The lowest BCUT2D eigenvalue weighted by atomic mass is 10.1. The van der Waals surface area contributed by atoms with Gasteiger partial charge in [0.2, 0.25) is 0 Å². The average Bonchev–Trinajstić information content (AvgIpc) is 3.23. The lowest BCUT2D eigenvalue weighted by Crippen LogP contribution is -2.27. The van der Waals surface area contributed by atoms with E-state index in [-0.39, 0.29) is 11.1 Å². The van der Waals surface area contributed by atoms with Crippen LogP contribution in [-0.2, 0) is 11.3 Å². The maximum Gasteiger partial charge on any atom is 0.298 e. The monoisotopic (exact) mass is 492 g/mol. The summed E-state index contributed by atoms with van der Waals surface area (Å²) in [7, 11) is 0. The van der Waals surface area contributed by atoms with Gasteiger partial charge in [-0.1, -0.05) is 65.7 Å². The number of carbonyl (C=O) groups excluding carboxylic acids is 2. The number of anilines is 1. The normalized spacial score (nSPS) is 15.2. The molecule has 5 rings (SSSR count). The molecule has 0 unspecified atom stereocenters. The van der Waals surface area contributed by atoms with E-state index in [2.05, 4.69) is 4.57 Å². The molecule has 164 valence electrons. The number of nitrogens with zero attached hydrogens (tertiary/aromatic N) is 2. The predicted molar refractivity (Wildman–Crippen MR) is 137 cm³/mol. The number of benzene rings is 3. The largest absolute Gasteiger partial charge is 0.340 e. The van der Waals surface area contributed by atoms with Crippen molar-refractivity contribution in [1.29, 1.82) is 0 Å². The van der Waals surface area contributed by atoms with E-state index >= 15 is 0 Å². The highest BCUT2D eigenvalue weighted by molar-refractivity contribution is 8.19. The first-order valence-corrected chi connectivity index (χ1v) is 11.9. The minimum atomic E-state index is -0.352. The van der Waals surface area contributed by atoms with Gasteiger partial charge in [0.25, 0.3) is 11.1 Å². The van der Waals surface area contributed by atoms with Crippen LogP contribution in [0.1, 0.15) is 16.8 Å². The van der Waals surface area contributed by atoms with Crippen LogP contribution < -0.4 is 4.90 Å². The highest BCUT2D eigenvalue weighted by Crippen LogP contribution is 2.38. The van der Waals surface area contributed by atoms with Crippen molar-refractivity contribution in [2.75, 3.05) is 4.90 Å². The number of para-hydroxylation sites is 1. The summed E-state index contributed by atoms with van der Waals surface area (Å²) in [5.41, 5.74) is 4.41. The standard InChI is InChI=1S/C26H18Cl2N2O2S/c1-16-21(14-24-25(31)30(26(32)33-24)19-9-6-8-18(27)13-19)20-10-3-5-12-23(20)29(16)15-17-7-2-4-11-22(17)28/h2-14H,15H2,1H3/b24-14+. The van der Waals surface area contributed by atoms with Crippen LogP contribution in [0.15, 0.2) is 77.7 Å². The molecule has 4 aromatic rings. The Morgan fingerprint density at radius 2 is 1.70 bits per heavy atom. The lowest BCUT2D eigenvalue weighted by molar-refractivity contribution is -0.113. The van der Waals surface area contributed by atoms with E-state index in [0.717, 1.165) is 39.5 Å². The molecule has 1 aromatic heterocycles. The van der Waals surface area contributed by atoms with Crippen molar-refractivity contribution >= 4 is 68.8 Å². The van der Waals surface area contributed by atoms with Gasteiger partial charge >= 0.3 is 0 Å². The zero-order valence-corrected chi connectivity index (χ0v) is 19.9. The molecule has 2 amide bonds. The van der Waals surface area contributed by atoms with Gasteiger partial charge < -0.3 is 4.57 Å². The first-order valence-electron chi connectivity index (χ1n) is 10.3. The highest BCUT2D eigenvalue weighted by atomic mass is 35.5. The Labute approximate surface area is 205 Å². The molecule has 1 aliphatic heterocycles. The van der Waals surface area contributed by atoms with E-state index in [1.54, 1.807) is 24.3 Å². The van der Waals surface area contributed by atoms with Gasteiger partial charge in [-0.15, -0.1) is 0 Å². The number of aromatic nitrogens is 1. The van der Waals surface area contributed by atoms with Crippen molar-refractivity contribution in [2.45, 2.75) is 13.5 Å². The molecule has 0 saturated carbocycles. The summed E-state index contributed by atoms with van der Waals surface area (Å²) in [6.07, 6.45) is 1.82. The third-order valence-corrected chi connectivity index (χ3v) is 7.17. The highest BCUT2D eigenvalue weighted by Gasteiger charge is 2.36. The zero-order valence-electron chi connectivity index (χ0n) is 17.6. The van der Waals surface area contributed by atoms with Crippen molar-refractivity contribution in [2.24, 2.45) is 0 Å². The smallest absolute Gasteiger partial charge is 0.298 e. The van der Waals surface area contributed by atoms with Gasteiger partial charge in [-0.05, 0) is 60.7 Å². The third-order valence-electron chi connectivity index (χ3n) is 5.70. The molecule has 3 aromatic carbocycles. The fourth-order valence-electron chi connectivity index (χ4n) is 4.08. The Kier molecular flexibility index (Phi) is 5.79. The minimum Gasteiger partial charge on any atom is -0.340 e. The number of halogens is 2. The molecule has 1 saturated heterocycles. The molecule has 1 aliphatic rings. The zero-order chi connectivity index (χ0) is 23.1. The summed E-state index contributed by atoms with van der Waals surface area (Å²) in [4.78, 5) is 27.4. The van der Waals surface area contributed by atoms with Gasteiger partial charge in [-0.3, -0.25) is 9.59 Å². The van der Waals surface area contributed by atoms with Gasteiger partial charge in [0, 0.05) is 38.8 Å². The summed E-state index contributed by atoms with van der Waals surface area (Å²) < 4.78 is 2.18.